The predicted molar refractivity (Wildman–Crippen MR) is 87.9 cm³/mol. The Morgan fingerprint density at radius 1 is 1.20 bits per heavy atom. The molecule has 4 rings (SSSR count). The monoisotopic (exact) mass is 338 g/mol. The van der Waals surface area contributed by atoms with Crippen LogP contribution in [0.25, 0.3) is 17.2 Å². The normalized spacial score (nSPS) is 11.1. The first-order chi connectivity index (χ1) is 12.1. The molecule has 9 heteroatoms. The van der Waals surface area contributed by atoms with Crippen molar-refractivity contribution in [1.29, 1.82) is 0 Å². The van der Waals surface area contributed by atoms with Crippen molar-refractivity contribution in [2.24, 2.45) is 0 Å². The lowest BCUT2D eigenvalue weighted by molar-refractivity contribution is 0.275. The summed E-state index contributed by atoms with van der Waals surface area (Å²) in [6, 6.07) is 8.71. The number of aromatic nitrogens is 5. The van der Waals surface area contributed by atoms with Crippen LogP contribution >= 0.6 is 0 Å². The van der Waals surface area contributed by atoms with Gasteiger partial charge in [0, 0.05) is 6.07 Å². The fraction of sp³-hybridized carbons (Fsp3) is 0.125. The fourth-order valence-electron chi connectivity index (χ4n) is 2.38. The molecule has 4 aromatic rings. The number of nitrogens with two attached hydrogens (primary N) is 1. The molecule has 0 spiro atoms. The topological polar surface area (TPSA) is 125 Å². The van der Waals surface area contributed by atoms with Gasteiger partial charge in [0.1, 0.15) is 5.76 Å². The number of aliphatic hydroxyl groups is 1. The maximum Gasteiger partial charge on any atom is 0.224 e. The molecule has 0 bridgehead atoms. The Kier molecular flexibility index (Phi) is 3.55. The highest BCUT2D eigenvalue weighted by molar-refractivity contribution is 5.61. The van der Waals surface area contributed by atoms with Crippen LogP contribution in [0.3, 0.4) is 0 Å². The number of nitrogens with zero attached hydrogens (tertiary/aromatic N) is 5. The molecule has 0 saturated carbocycles. The van der Waals surface area contributed by atoms with E-state index in [1.807, 2.05) is 13.0 Å². The molecule has 0 aliphatic rings. The minimum atomic E-state index is -0.178. The van der Waals surface area contributed by atoms with E-state index in [1.54, 1.807) is 24.3 Å². The molecule has 0 amide bonds. The van der Waals surface area contributed by atoms with E-state index in [0.29, 0.717) is 34.6 Å². The highest BCUT2D eigenvalue weighted by Gasteiger charge is 2.17. The smallest absolute Gasteiger partial charge is 0.224 e. The first-order valence-corrected chi connectivity index (χ1v) is 7.47. The third kappa shape index (κ3) is 2.76. The third-order valence-electron chi connectivity index (χ3n) is 3.47. The molecular formula is C16H14N6O3. The summed E-state index contributed by atoms with van der Waals surface area (Å²) in [7, 11) is 0. The second kappa shape index (κ2) is 5.87. The SMILES string of the molecule is Cc1ccc(-c2nc(N)nc3c(Oc4cccc(CO)n4)cnn23)o1. The molecule has 0 aliphatic heterocycles. The molecule has 0 aliphatic carbocycles. The van der Waals surface area contributed by atoms with Crippen LogP contribution < -0.4 is 10.5 Å². The molecular weight excluding hydrogens is 324 g/mol. The van der Waals surface area contributed by atoms with E-state index < -0.39 is 0 Å². The van der Waals surface area contributed by atoms with Crippen molar-refractivity contribution in [3.63, 3.8) is 0 Å². The van der Waals surface area contributed by atoms with E-state index in [4.69, 9.17) is 14.9 Å². The van der Waals surface area contributed by atoms with Crippen LogP contribution in [-0.4, -0.2) is 29.7 Å². The van der Waals surface area contributed by atoms with Gasteiger partial charge in [0.15, 0.2) is 11.5 Å². The lowest BCUT2D eigenvalue weighted by atomic mass is 10.4. The number of anilines is 1. The number of nitrogen functional groups attached to an aromatic ring is 1. The van der Waals surface area contributed by atoms with E-state index in [0.717, 1.165) is 5.76 Å². The highest BCUT2D eigenvalue weighted by atomic mass is 16.5. The van der Waals surface area contributed by atoms with E-state index in [1.165, 1.54) is 10.7 Å². The van der Waals surface area contributed by atoms with Gasteiger partial charge < -0.3 is 20.0 Å². The lowest BCUT2D eigenvalue weighted by Gasteiger charge is -2.05. The molecule has 0 atom stereocenters. The molecule has 0 unspecified atom stereocenters. The van der Waals surface area contributed by atoms with Crippen molar-refractivity contribution in [1.82, 2.24) is 24.6 Å². The minimum absolute atomic E-state index is 0.0685. The Hall–Kier alpha value is -3.46. The molecule has 0 saturated heterocycles. The molecule has 3 N–H and O–H groups in total. The zero-order chi connectivity index (χ0) is 17.4. The summed E-state index contributed by atoms with van der Waals surface area (Å²) in [5, 5.41) is 13.4. The van der Waals surface area contributed by atoms with Crippen molar-refractivity contribution < 1.29 is 14.3 Å². The predicted octanol–water partition coefficient (Wildman–Crippen LogP) is 1.95. The molecule has 0 radical (unpaired) electrons. The average Bonchev–Trinajstić information content (AvgIpc) is 3.21. The number of rotatable bonds is 4. The van der Waals surface area contributed by atoms with Crippen molar-refractivity contribution in [2.45, 2.75) is 13.5 Å². The van der Waals surface area contributed by atoms with Gasteiger partial charge in [-0.3, -0.25) is 0 Å². The summed E-state index contributed by atoms with van der Waals surface area (Å²) in [6.07, 6.45) is 1.50. The minimum Gasteiger partial charge on any atom is -0.458 e. The van der Waals surface area contributed by atoms with Gasteiger partial charge in [0.25, 0.3) is 0 Å². The first kappa shape index (κ1) is 15.1. The fourth-order valence-corrected chi connectivity index (χ4v) is 2.38. The zero-order valence-electron chi connectivity index (χ0n) is 13.2. The summed E-state index contributed by atoms with van der Waals surface area (Å²) in [5.41, 5.74) is 6.70. The van der Waals surface area contributed by atoms with Crippen LogP contribution in [0.2, 0.25) is 0 Å². The van der Waals surface area contributed by atoms with Gasteiger partial charge in [-0.2, -0.15) is 19.6 Å². The first-order valence-electron chi connectivity index (χ1n) is 7.47. The lowest BCUT2D eigenvalue weighted by Crippen LogP contribution is -2.04. The number of aliphatic hydroxyl groups excluding tert-OH is 1. The van der Waals surface area contributed by atoms with E-state index in [9.17, 15) is 5.11 Å². The Labute approximate surface area is 141 Å². The number of furan rings is 1. The van der Waals surface area contributed by atoms with E-state index >= 15 is 0 Å². The van der Waals surface area contributed by atoms with Gasteiger partial charge in [-0.05, 0) is 25.1 Å². The number of pyridine rings is 1. The number of aryl methyl sites for hydroxylation is 1. The molecule has 4 heterocycles. The molecule has 4 aromatic heterocycles. The van der Waals surface area contributed by atoms with Gasteiger partial charge >= 0.3 is 0 Å². The number of ether oxygens (including phenoxy) is 1. The van der Waals surface area contributed by atoms with Gasteiger partial charge in [-0.25, -0.2) is 4.98 Å². The van der Waals surface area contributed by atoms with Gasteiger partial charge in [-0.1, -0.05) is 6.07 Å². The van der Waals surface area contributed by atoms with E-state index in [2.05, 4.69) is 20.1 Å². The second-order valence-corrected chi connectivity index (χ2v) is 5.29. The average molecular weight is 338 g/mol. The van der Waals surface area contributed by atoms with Crippen molar-refractivity contribution in [3.05, 3.63) is 48.0 Å². The van der Waals surface area contributed by atoms with Gasteiger partial charge in [0.2, 0.25) is 23.3 Å². The van der Waals surface area contributed by atoms with Crippen molar-refractivity contribution in [3.8, 4) is 23.2 Å². The molecule has 0 aromatic carbocycles. The highest BCUT2D eigenvalue weighted by Crippen LogP contribution is 2.28. The van der Waals surface area contributed by atoms with Crippen LogP contribution in [0.1, 0.15) is 11.5 Å². The largest absolute Gasteiger partial charge is 0.458 e. The number of hydrogen-bond donors (Lipinski definition) is 2. The number of fused-ring (bicyclic) bond motifs is 1. The zero-order valence-corrected chi connectivity index (χ0v) is 13.2. The number of hydrogen-bond acceptors (Lipinski definition) is 8. The molecule has 126 valence electrons. The Bertz CT molecular complexity index is 1060. The van der Waals surface area contributed by atoms with Gasteiger partial charge in [0.05, 0.1) is 18.5 Å². The standard InChI is InChI=1S/C16H14N6O3/c1-9-5-6-11(24-9)14-20-16(17)21-15-12(7-18-22(14)15)25-13-4-2-3-10(8-23)19-13/h2-7,23H,8H2,1H3,(H2,17,21). The van der Waals surface area contributed by atoms with Crippen LogP contribution in [0.15, 0.2) is 40.9 Å². The van der Waals surface area contributed by atoms with Crippen molar-refractivity contribution >= 4 is 11.6 Å². The van der Waals surface area contributed by atoms with Crippen LogP contribution in [0.4, 0.5) is 5.95 Å². The molecule has 0 fully saturated rings. The summed E-state index contributed by atoms with van der Waals surface area (Å²) in [4.78, 5) is 12.6. The molecule has 9 nitrogen and oxygen atoms in total. The summed E-state index contributed by atoms with van der Waals surface area (Å²) in [6.45, 7) is 1.66. The second-order valence-electron chi connectivity index (χ2n) is 5.29. The summed E-state index contributed by atoms with van der Waals surface area (Å²) >= 11 is 0. The van der Waals surface area contributed by atoms with E-state index in [-0.39, 0.29) is 12.6 Å². The van der Waals surface area contributed by atoms with Crippen molar-refractivity contribution in [2.75, 3.05) is 5.73 Å². The quantitative estimate of drug-likeness (QED) is 0.578. The molecule has 25 heavy (non-hydrogen) atoms. The van der Waals surface area contributed by atoms with Crippen LogP contribution in [0, 0.1) is 6.92 Å². The van der Waals surface area contributed by atoms with Gasteiger partial charge in [-0.15, -0.1) is 0 Å². The maximum absolute atomic E-state index is 9.18. The Morgan fingerprint density at radius 3 is 2.84 bits per heavy atom. The van der Waals surface area contributed by atoms with Crippen LogP contribution in [-0.2, 0) is 6.61 Å². The Morgan fingerprint density at radius 2 is 2.08 bits per heavy atom. The summed E-state index contributed by atoms with van der Waals surface area (Å²) < 4.78 is 12.8. The summed E-state index contributed by atoms with van der Waals surface area (Å²) in [5.74, 6) is 2.43. The Balaban J connectivity index is 1.80. The van der Waals surface area contributed by atoms with Crippen LogP contribution in [0.5, 0.6) is 11.6 Å². The maximum atomic E-state index is 9.18. The third-order valence-corrected chi connectivity index (χ3v) is 3.47.